The average molecular weight is 458 g/mol. The third kappa shape index (κ3) is 6.81. The number of carbonyl (C=O) groups excluding carboxylic acids is 1. The molecule has 0 amide bonds. The van der Waals surface area contributed by atoms with Crippen molar-refractivity contribution in [1.29, 1.82) is 5.41 Å². The van der Waals surface area contributed by atoms with E-state index in [1.165, 1.54) is 0 Å². The molecule has 0 radical (unpaired) electrons. The number of benzene rings is 1. The monoisotopic (exact) mass is 457 g/mol. The van der Waals surface area contributed by atoms with Gasteiger partial charge in [0.2, 0.25) is 5.88 Å². The number of aromatic nitrogens is 2. The summed E-state index contributed by atoms with van der Waals surface area (Å²) < 4.78 is 10.8. The number of esters is 1. The van der Waals surface area contributed by atoms with Crippen molar-refractivity contribution >= 4 is 41.1 Å². The molecular formula is C23H28ClN5O3. The van der Waals surface area contributed by atoms with Crippen molar-refractivity contribution in [2.24, 2.45) is 5.73 Å². The maximum Gasteiger partial charge on any atom is 0.305 e. The van der Waals surface area contributed by atoms with Crippen LogP contribution in [0.1, 0.15) is 37.3 Å². The van der Waals surface area contributed by atoms with Crippen LogP contribution in [0.4, 0.5) is 5.82 Å². The highest BCUT2D eigenvalue weighted by Gasteiger charge is 2.08. The number of hydrogen-bond donors (Lipinski definition) is 3. The minimum absolute atomic E-state index is 0. The fraction of sp³-hybridized carbons (Fsp3) is 0.304. The first-order valence-electron chi connectivity index (χ1n) is 10.3. The lowest BCUT2D eigenvalue weighted by Crippen LogP contribution is -2.10. The van der Waals surface area contributed by atoms with Gasteiger partial charge >= 0.3 is 5.97 Å². The first-order chi connectivity index (χ1) is 15.0. The van der Waals surface area contributed by atoms with Crippen molar-refractivity contribution < 1.29 is 14.3 Å². The summed E-state index contributed by atoms with van der Waals surface area (Å²) in [5, 5.41) is 11.7. The zero-order chi connectivity index (χ0) is 22.2. The van der Waals surface area contributed by atoms with Gasteiger partial charge in [-0.25, -0.2) is 4.98 Å². The fourth-order valence-corrected chi connectivity index (χ4v) is 3.06. The van der Waals surface area contributed by atoms with E-state index in [-0.39, 0.29) is 24.2 Å². The number of ether oxygens (including phenoxy) is 2. The van der Waals surface area contributed by atoms with Crippen molar-refractivity contribution in [2.45, 2.75) is 33.1 Å². The van der Waals surface area contributed by atoms with E-state index in [4.69, 9.17) is 20.6 Å². The Balaban J connectivity index is 0.00000363. The second kappa shape index (κ2) is 11.9. The number of amidine groups is 1. The number of anilines is 1. The van der Waals surface area contributed by atoms with Crippen LogP contribution in [-0.2, 0) is 9.53 Å². The molecule has 0 unspecified atom stereocenters. The highest BCUT2D eigenvalue weighted by atomic mass is 35.5. The Morgan fingerprint density at radius 3 is 2.56 bits per heavy atom. The molecule has 0 fully saturated rings. The van der Waals surface area contributed by atoms with E-state index in [2.05, 4.69) is 15.3 Å². The normalized spacial score (nSPS) is 10.3. The quantitative estimate of drug-likeness (QED) is 0.176. The number of nitrogens with zero attached hydrogens (tertiary/aromatic N) is 2. The first kappa shape index (κ1) is 24.9. The number of fused-ring (bicyclic) bond motifs is 1. The summed E-state index contributed by atoms with van der Waals surface area (Å²) in [6, 6.07) is 12.7. The lowest BCUT2D eigenvalue weighted by molar-refractivity contribution is -0.143. The smallest absolute Gasteiger partial charge is 0.305 e. The molecule has 0 aliphatic heterocycles. The van der Waals surface area contributed by atoms with Crippen LogP contribution >= 0.6 is 12.4 Å². The number of hydrogen-bond acceptors (Lipinski definition) is 7. The molecule has 2 aromatic heterocycles. The van der Waals surface area contributed by atoms with E-state index in [1.807, 2.05) is 25.1 Å². The number of unbranched alkanes of at least 4 members (excludes halogenated alkanes) is 1. The van der Waals surface area contributed by atoms with Gasteiger partial charge in [-0.1, -0.05) is 0 Å². The predicted octanol–water partition coefficient (Wildman–Crippen LogP) is 4.58. The van der Waals surface area contributed by atoms with Gasteiger partial charge in [0.05, 0.1) is 6.61 Å². The molecule has 3 aromatic rings. The van der Waals surface area contributed by atoms with E-state index in [0.29, 0.717) is 42.4 Å². The van der Waals surface area contributed by atoms with Gasteiger partial charge in [-0.05, 0) is 68.7 Å². The zero-order valence-electron chi connectivity index (χ0n) is 18.2. The molecule has 8 nitrogen and oxygen atoms in total. The van der Waals surface area contributed by atoms with Crippen molar-refractivity contribution in [1.82, 2.24) is 9.97 Å². The molecule has 0 aliphatic carbocycles. The molecule has 3 rings (SSSR count). The summed E-state index contributed by atoms with van der Waals surface area (Å²) >= 11 is 0. The molecule has 0 atom stereocenters. The third-order valence-corrected chi connectivity index (χ3v) is 4.66. The van der Waals surface area contributed by atoms with Crippen LogP contribution < -0.4 is 15.8 Å². The Kier molecular flexibility index (Phi) is 9.22. The Bertz CT molecular complexity index is 1070. The largest absolute Gasteiger partial charge is 0.466 e. The van der Waals surface area contributed by atoms with Crippen molar-refractivity contribution in [3.8, 4) is 11.6 Å². The van der Waals surface area contributed by atoms with Gasteiger partial charge in [-0.2, -0.15) is 4.98 Å². The Morgan fingerprint density at radius 1 is 1.12 bits per heavy atom. The summed E-state index contributed by atoms with van der Waals surface area (Å²) in [4.78, 5) is 20.5. The molecular weight excluding hydrogens is 430 g/mol. The summed E-state index contributed by atoms with van der Waals surface area (Å²) in [6.45, 7) is 4.91. The van der Waals surface area contributed by atoms with E-state index in [1.54, 1.807) is 31.2 Å². The number of pyridine rings is 2. The van der Waals surface area contributed by atoms with E-state index in [9.17, 15) is 4.79 Å². The van der Waals surface area contributed by atoms with Gasteiger partial charge in [0.15, 0.2) is 5.65 Å². The lowest BCUT2D eigenvalue weighted by Gasteiger charge is -2.10. The van der Waals surface area contributed by atoms with Gasteiger partial charge in [0, 0.05) is 30.0 Å². The summed E-state index contributed by atoms with van der Waals surface area (Å²) in [6.07, 6.45) is 2.02. The number of rotatable bonds is 10. The molecule has 2 heterocycles. The van der Waals surface area contributed by atoms with Crippen LogP contribution in [-0.4, -0.2) is 34.9 Å². The summed E-state index contributed by atoms with van der Waals surface area (Å²) in [5.41, 5.74) is 7.72. The van der Waals surface area contributed by atoms with Gasteiger partial charge in [-0.15, -0.1) is 12.4 Å². The summed E-state index contributed by atoms with van der Waals surface area (Å²) in [7, 11) is 0. The van der Waals surface area contributed by atoms with Crippen molar-refractivity contribution in [3.05, 3.63) is 53.6 Å². The number of aryl methyl sites for hydroxylation is 1. The predicted molar refractivity (Wildman–Crippen MR) is 128 cm³/mol. The second-order valence-electron chi connectivity index (χ2n) is 7.07. The van der Waals surface area contributed by atoms with E-state index in [0.717, 1.165) is 29.6 Å². The van der Waals surface area contributed by atoms with Gasteiger partial charge < -0.3 is 20.5 Å². The zero-order valence-corrected chi connectivity index (χ0v) is 19.0. The topological polar surface area (TPSA) is 123 Å². The summed E-state index contributed by atoms with van der Waals surface area (Å²) in [5.74, 6) is 1.62. The van der Waals surface area contributed by atoms with Crippen LogP contribution in [0.25, 0.3) is 11.0 Å². The van der Waals surface area contributed by atoms with Crippen LogP contribution in [0, 0.1) is 12.3 Å². The number of nitrogens with two attached hydrogens (primary N) is 1. The molecule has 1 aromatic carbocycles. The van der Waals surface area contributed by atoms with E-state index >= 15 is 0 Å². The minimum atomic E-state index is -0.158. The molecule has 4 N–H and O–H groups in total. The van der Waals surface area contributed by atoms with Crippen molar-refractivity contribution in [2.75, 3.05) is 18.5 Å². The SMILES string of the molecule is CCOC(=O)CCCCNc1ccc2c(C)cc(Oc3ccc(C(=N)N)cc3)nc2n1.Cl. The molecule has 0 saturated carbocycles. The standard InChI is InChI=1S/C23H27N5O3.ClH/c1-3-30-21(29)6-4-5-13-26-19-12-11-18-15(2)14-20(28-23(18)27-19)31-17-9-7-16(8-10-17)22(24)25;/h7-12,14H,3-6,13H2,1-2H3,(H3,24,25)(H,26,27,28);1H. The second-order valence-corrected chi connectivity index (χ2v) is 7.07. The molecule has 0 aliphatic rings. The highest BCUT2D eigenvalue weighted by Crippen LogP contribution is 2.25. The first-order valence-corrected chi connectivity index (χ1v) is 10.3. The van der Waals surface area contributed by atoms with Gasteiger partial charge in [0.25, 0.3) is 0 Å². The molecule has 0 spiro atoms. The maximum absolute atomic E-state index is 11.4. The highest BCUT2D eigenvalue weighted by molar-refractivity contribution is 5.95. The van der Waals surface area contributed by atoms with Gasteiger partial charge in [-0.3, -0.25) is 10.2 Å². The van der Waals surface area contributed by atoms with Gasteiger partial charge in [0.1, 0.15) is 17.4 Å². The number of nitrogens with one attached hydrogen (secondary N) is 2. The molecule has 170 valence electrons. The third-order valence-electron chi connectivity index (χ3n) is 4.66. The maximum atomic E-state index is 11.4. The average Bonchev–Trinajstić information content (AvgIpc) is 2.74. The van der Waals surface area contributed by atoms with Crippen LogP contribution in [0.3, 0.4) is 0 Å². The Hall–Kier alpha value is -3.39. The molecule has 9 heteroatoms. The fourth-order valence-electron chi connectivity index (χ4n) is 3.06. The molecule has 0 bridgehead atoms. The van der Waals surface area contributed by atoms with Crippen LogP contribution in [0.2, 0.25) is 0 Å². The van der Waals surface area contributed by atoms with Crippen LogP contribution in [0.15, 0.2) is 42.5 Å². The van der Waals surface area contributed by atoms with Crippen LogP contribution in [0.5, 0.6) is 11.6 Å². The number of halogens is 1. The number of nitrogen functional groups attached to an aromatic ring is 1. The molecule has 0 saturated heterocycles. The van der Waals surface area contributed by atoms with E-state index < -0.39 is 0 Å². The Morgan fingerprint density at radius 2 is 1.88 bits per heavy atom. The van der Waals surface area contributed by atoms with Crippen molar-refractivity contribution in [3.63, 3.8) is 0 Å². The lowest BCUT2D eigenvalue weighted by atomic mass is 10.2. The number of carbonyl (C=O) groups is 1. The molecule has 32 heavy (non-hydrogen) atoms. The Labute approximate surface area is 193 Å². The minimum Gasteiger partial charge on any atom is -0.466 e.